The first-order valence-electron chi connectivity index (χ1n) is 5.72. The summed E-state index contributed by atoms with van der Waals surface area (Å²) in [6.45, 7) is 3.05. The molecule has 0 amide bonds. The third kappa shape index (κ3) is 3.07. The summed E-state index contributed by atoms with van der Waals surface area (Å²) in [4.78, 5) is 0. The standard InChI is InChI=1S/C13H16N2O2/c1-2-7-15-9-13(8-14-15)17-12-5-3-11(10-16)4-6-12/h3-6,8-9,16H,2,7,10H2,1H3. The number of benzene rings is 1. The van der Waals surface area contributed by atoms with Crippen LogP contribution in [0, 0.1) is 0 Å². The maximum atomic E-state index is 8.93. The van der Waals surface area contributed by atoms with Gasteiger partial charge in [-0.1, -0.05) is 19.1 Å². The van der Waals surface area contributed by atoms with Gasteiger partial charge in [-0.3, -0.25) is 4.68 Å². The fourth-order valence-electron chi connectivity index (χ4n) is 1.55. The summed E-state index contributed by atoms with van der Waals surface area (Å²) < 4.78 is 7.50. The lowest BCUT2D eigenvalue weighted by atomic mass is 10.2. The van der Waals surface area contributed by atoms with E-state index in [1.54, 1.807) is 6.20 Å². The van der Waals surface area contributed by atoms with Gasteiger partial charge in [0.15, 0.2) is 5.75 Å². The third-order valence-corrected chi connectivity index (χ3v) is 2.40. The normalized spacial score (nSPS) is 10.5. The lowest BCUT2D eigenvalue weighted by molar-refractivity contribution is 0.281. The molecule has 0 atom stereocenters. The molecule has 0 spiro atoms. The molecule has 17 heavy (non-hydrogen) atoms. The number of aromatic nitrogens is 2. The van der Waals surface area contributed by atoms with E-state index in [0.29, 0.717) is 0 Å². The van der Waals surface area contributed by atoms with Crippen molar-refractivity contribution in [1.82, 2.24) is 9.78 Å². The smallest absolute Gasteiger partial charge is 0.165 e. The van der Waals surface area contributed by atoms with Crippen LogP contribution in [0.2, 0.25) is 0 Å². The number of rotatable bonds is 5. The SMILES string of the molecule is CCCn1cc(Oc2ccc(CO)cc2)cn1. The van der Waals surface area contributed by atoms with E-state index in [9.17, 15) is 0 Å². The fourth-order valence-corrected chi connectivity index (χ4v) is 1.55. The minimum atomic E-state index is 0.0503. The number of hydrogen-bond acceptors (Lipinski definition) is 3. The molecular formula is C13H16N2O2. The quantitative estimate of drug-likeness (QED) is 0.861. The van der Waals surface area contributed by atoms with E-state index in [1.165, 1.54) is 0 Å². The Kier molecular flexibility index (Phi) is 3.77. The van der Waals surface area contributed by atoms with Crippen molar-refractivity contribution >= 4 is 0 Å². The first-order chi connectivity index (χ1) is 8.31. The molecule has 0 saturated carbocycles. The van der Waals surface area contributed by atoms with Crippen LogP contribution in [-0.4, -0.2) is 14.9 Å². The highest BCUT2D eigenvalue weighted by Crippen LogP contribution is 2.21. The fraction of sp³-hybridized carbons (Fsp3) is 0.308. The van der Waals surface area contributed by atoms with E-state index in [4.69, 9.17) is 9.84 Å². The van der Waals surface area contributed by atoms with Crippen molar-refractivity contribution in [2.75, 3.05) is 0 Å². The van der Waals surface area contributed by atoms with Gasteiger partial charge in [-0.25, -0.2) is 0 Å². The van der Waals surface area contributed by atoms with Crippen molar-refractivity contribution in [3.05, 3.63) is 42.2 Å². The van der Waals surface area contributed by atoms with E-state index >= 15 is 0 Å². The summed E-state index contributed by atoms with van der Waals surface area (Å²) in [5, 5.41) is 13.1. The number of hydrogen-bond donors (Lipinski definition) is 1. The second kappa shape index (κ2) is 5.50. The van der Waals surface area contributed by atoms with Gasteiger partial charge in [-0.2, -0.15) is 5.10 Å². The largest absolute Gasteiger partial charge is 0.454 e. The Morgan fingerprint density at radius 2 is 2.00 bits per heavy atom. The lowest BCUT2D eigenvalue weighted by Crippen LogP contribution is -1.95. The Labute approximate surface area is 100 Å². The van der Waals surface area contributed by atoms with Gasteiger partial charge in [0.25, 0.3) is 0 Å². The average molecular weight is 232 g/mol. The van der Waals surface area contributed by atoms with Crippen molar-refractivity contribution in [3.8, 4) is 11.5 Å². The monoisotopic (exact) mass is 232 g/mol. The van der Waals surface area contributed by atoms with Crippen molar-refractivity contribution in [1.29, 1.82) is 0 Å². The molecular weight excluding hydrogens is 216 g/mol. The van der Waals surface area contributed by atoms with E-state index in [0.717, 1.165) is 30.0 Å². The van der Waals surface area contributed by atoms with Crippen LogP contribution in [0.1, 0.15) is 18.9 Å². The predicted octanol–water partition coefficient (Wildman–Crippen LogP) is 2.58. The lowest BCUT2D eigenvalue weighted by Gasteiger charge is -2.03. The van der Waals surface area contributed by atoms with E-state index in [-0.39, 0.29) is 6.61 Å². The molecule has 0 radical (unpaired) electrons. The van der Waals surface area contributed by atoms with Crippen molar-refractivity contribution < 1.29 is 9.84 Å². The van der Waals surface area contributed by atoms with Gasteiger partial charge >= 0.3 is 0 Å². The molecule has 0 bridgehead atoms. The van der Waals surface area contributed by atoms with Crippen LogP contribution in [0.3, 0.4) is 0 Å². The molecule has 1 N–H and O–H groups in total. The molecule has 4 heteroatoms. The van der Waals surface area contributed by atoms with Crippen LogP contribution in [0.15, 0.2) is 36.7 Å². The van der Waals surface area contributed by atoms with Gasteiger partial charge in [-0.05, 0) is 24.1 Å². The van der Waals surface area contributed by atoms with E-state index < -0.39 is 0 Å². The summed E-state index contributed by atoms with van der Waals surface area (Å²) in [5.74, 6) is 1.48. The zero-order valence-corrected chi connectivity index (χ0v) is 9.84. The highest BCUT2D eigenvalue weighted by atomic mass is 16.5. The maximum Gasteiger partial charge on any atom is 0.165 e. The van der Waals surface area contributed by atoms with Crippen LogP contribution >= 0.6 is 0 Å². The molecule has 1 heterocycles. The average Bonchev–Trinajstić information content (AvgIpc) is 2.78. The summed E-state index contributed by atoms with van der Waals surface area (Å²) in [6, 6.07) is 7.35. The number of aryl methyl sites for hydroxylation is 1. The molecule has 90 valence electrons. The molecule has 0 saturated heterocycles. The van der Waals surface area contributed by atoms with E-state index in [1.807, 2.05) is 35.1 Å². The maximum absolute atomic E-state index is 8.93. The third-order valence-electron chi connectivity index (χ3n) is 2.40. The molecule has 0 unspecified atom stereocenters. The second-order valence-corrected chi connectivity index (χ2v) is 3.84. The molecule has 0 aliphatic heterocycles. The first kappa shape index (κ1) is 11.7. The van der Waals surface area contributed by atoms with Crippen LogP contribution in [-0.2, 0) is 13.2 Å². The Morgan fingerprint density at radius 3 is 2.65 bits per heavy atom. The minimum Gasteiger partial charge on any atom is -0.454 e. The molecule has 0 aliphatic rings. The summed E-state index contributed by atoms with van der Waals surface area (Å²) in [5.41, 5.74) is 0.874. The zero-order chi connectivity index (χ0) is 12.1. The van der Waals surface area contributed by atoms with Crippen molar-refractivity contribution in [3.63, 3.8) is 0 Å². The number of aliphatic hydroxyl groups is 1. The number of nitrogens with zero attached hydrogens (tertiary/aromatic N) is 2. The van der Waals surface area contributed by atoms with Crippen molar-refractivity contribution in [2.24, 2.45) is 0 Å². The molecule has 2 rings (SSSR count). The van der Waals surface area contributed by atoms with Gasteiger partial charge < -0.3 is 9.84 Å². The predicted molar refractivity (Wildman–Crippen MR) is 65.0 cm³/mol. The van der Waals surface area contributed by atoms with Gasteiger partial charge in [0.05, 0.1) is 19.0 Å². The Bertz CT molecular complexity index is 463. The molecule has 4 nitrogen and oxygen atoms in total. The van der Waals surface area contributed by atoms with Crippen LogP contribution in [0.25, 0.3) is 0 Å². The van der Waals surface area contributed by atoms with Gasteiger partial charge in [0.2, 0.25) is 0 Å². The number of aliphatic hydroxyl groups excluding tert-OH is 1. The number of ether oxygens (including phenoxy) is 1. The molecule has 1 aromatic heterocycles. The van der Waals surface area contributed by atoms with E-state index in [2.05, 4.69) is 12.0 Å². The Balaban J connectivity index is 2.03. The van der Waals surface area contributed by atoms with Crippen LogP contribution in [0.4, 0.5) is 0 Å². The van der Waals surface area contributed by atoms with Crippen LogP contribution < -0.4 is 4.74 Å². The summed E-state index contributed by atoms with van der Waals surface area (Å²) in [7, 11) is 0. The molecule has 2 aromatic rings. The highest BCUT2D eigenvalue weighted by Gasteiger charge is 2.01. The van der Waals surface area contributed by atoms with Gasteiger partial charge in [0.1, 0.15) is 5.75 Å². The second-order valence-electron chi connectivity index (χ2n) is 3.84. The zero-order valence-electron chi connectivity index (χ0n) is 9.84. The van der Waals surface area contributed by atoms with Gasteiger partial charge in [-0.15, -0.1) is 0 Å². The molecule has 0 fully saturated rings. The molecule has 0 aliphatic carbocycles. The van der Waals surface area contributed by atoms with Crippen molar-refractivity contribution in [2.45, 2.75) is 26.5 Å². The van der Waals surface area contributed by atoms with Gasteiger partial charge in [0, 0.05) is 6.54 Å². The van der Waals surface area contributed by atoms with Crippen LogP contribution in [0.5, 0.6) is 11.5 Å². The summed E-state index contributed by atoms with van der Waals surface area (Å²) >= 11 is 0. The topological polar surface area (TPSA) is 47.3 Å². The highest BCUT2D eigenvalue weighted by molar-refractivity contribution is 5.30. The summed E-state index contributed by atoms with van der Waals surface area (Å²) in [6.07, 6.45) is 4.63. The first-order valence-corrected chi connectivity index (χ1v) is 5.72. The Morgan fingerprint density at radius 1 is 1.24 bits per heavy atom. The minimum absolute atomic E-state index is 0.0503. The molecule has 1 aromatic carbocycles. The Hall–Kier alpha value is -1.81.